The maximum Gasteiger partial charge on any atom is 0.303 e. The summed E-state index contributed by atoms with van der Waals surface area (Å²) < 4.78 is 0.879. The third-order valence-electron chi connectivity index (χ3n) is 3.52. The lowest BCUT2D eigenvalue weighted by Gasteiger charge is -2.31. The average Bonchev–Trinajstić information content (AvgIpc) is 2.41. The lowest BCUT2D eigenvalue weighted by atomic mass is 9.93. The standard InChI is InChI=1S/C14H15ClINO3/c15-10-1-2-12(16)11(8-10)14(20)17-5-3-9(4-6-17)7-13(18)19/h1-2,8-9H,3-7H2,(H,18,19). The molecule has 1 aromatic rings. The Bertz CT molecular complexity index is 527. The smallest absolute Gasteiger partial charge is 0.303 e. The minimum absolute atomic E-state index is 0.0225. The summed E-state index contributed by atoms with van der Waals surface area (Å²) in [4.78, 5) is 24.9. The van der Waals surface area contributed by atoms with Crippen LogP contribution in [0, 0.1) is 9.49 Å². The van der Waals surface area contributed by atoms with Gasteiger partial charge in [-0.05, 0) is 59.5 Å². The Morgan fingerprint density at radius 1 is 1.35 bits per heavy atom. The maximum atomic E-state index is 12.4. The van der Waals surface area contributed by atoms with Crippen molar-refractivity contribution in [2.45, 2.75) is 19.3 Å². The van der Waals surface area contributed by atoms with Crippen LogP contribution in [0.25, 0.3) is 0 Å². The molecule has 0 aromatic heterocycles. The van der Waals surface area contributed by atoms with Crippen LogP contribution in [-0.2, 0) is 4.79 Å². The van der Waals surface area contributed by atoms with E-state index in [0.29, 0.717) is 23.7 Å². The molecule has 1 aliphatic heterocycles. The van der Waals surface area contributed by atoms with Gasteiger partial charge in [0.15, 0.2) is 0 Å². The molecule has 1 heterocycles. The van der Waals surface area contributed by atoms with Crippen molar-refractivity contribution in [3.63, 3.8) is 0 Å². The van der Waals surface area contributed by atoms with Crippen molar-refractivity contribution >= 4 is 46.1 Å². The van der Waals surface area contributed by atoms with Crippen molar-refractivity contribution in [1.82, 2.24) is 4.90 Å². The summed E-state index contributed by atoms with van der Waals surface area (Å²) in [5.41, 5.74) is 0.620. The summed E-state index contributed by atoms with van der Waals surface area (Å²) in [6, 6.07) is 5.28. The monoisotopic (exact) mass is 407 g/mol. The van der Waals surface area contributed by atoms with Gasteiger partial charge in [-0.1, -0.05) is 11.6 Å². The van der Waals surface area contributed by atoms with E-state index in [9.17, 15) is 9.59 Å². The molecule has 6 heteroatoms. The van der Waals surface area contributed by atoms with E-state index in [1.165, 1.54) is 0 Å². The molecule has 1 amide bonds. The summed E-state index contributed by atoms with van der Waals surface area (Å²) >= 11 is 8.07. The number of hydrogen-bond donors (Lipinski definition) is 1. The first-order chi connectivity index (χ1) is 9.47. The van der Waals surface area contributed by atoms with Crippen LogP contribution in [0.2, 0.25) is 5.02 Å². The molecule has 1 aromatic carbocycles. The van der Waals surface area contributed by atoms with Gasteiger partial charge in [0.2, 0.25) is 0 Å². The number of likely N-dealkylation sites (tertiary alicyclic amines) is 1. The fourth-order valence-corrected chi connectivity index (χ4v) is 3.16. The van der Waals surface area contributed by atoms with Gasteiger partial charge in [-0.15, -0.1) is 0 Å². The van der Waals surface area contributed by atoms with Crippen molar-refractivity contribution in [2.75, 3.05) is 13.1 Å². The number of aliphatic carboxylic acids is 1. The zero-order valence-corrected chi connectivity index (χ0v) is 13.7. The molecule has 108 valence electrons. The molecule has 0 unspecified atom stereocenters. The number of carboxylic acid groups (broad SMARTS) is 1. The number of hydrogen-bond acceptors (Lipinski definition) is 2. The van der Waals surface area contributed by atoms with Crippen molar-refractivity contribution in [1.29, 1.82) is 0 Å². The van der Waals surface area contributed by atoms with Gasteiger partial charge >= 0.3 is 5.97 Å². The van der Waals surface area contributed by atoms with Crippen LogP contribution < -0.4 is 0 Å². The lowest BCUT2D eigenvalue weighted by Crippen LogP contribution is -2.39. The quantitative estimate of drug-likeness (QED) is 0.783. The zero-order valence-electron chi connectivity index (χ0n) is 10.8. The van der Waals surface area contributed by atoms with Gasteiger partial charge < -0.3 is 10.0 Å². The molecule has 0 radical (unpaired) electrons. The summed E-state index contributed by atoms with van der Waals surface area (Å²) in [5, 5.41) is 9.34. The van der Waals surface area contributed by atoms with Crippen LogP contribution in [-0.4, -0.2) is 35.0 Å². The molecule has 0 bridgehead atoms. The van der Waals surface area contributed by atoms with Crippen molar-refractivity contribution in [3.05, 3.63) is 32.4 Å². The average molecular weight is 408 g/mol. The first-order valence-electron chi connectivity index (χ1n) is 6.43. The highest BCUT2D eigenvalue weighted by atomic mass is 127. The van der Waals surface area contributed by atoms with Crippen molar-refractivity contribution < 1.29 is 14.7 Å². The third kappa shape index (κ3) is 3.85. The molecule has 4 nitrogen and oxygen atoms in total. The number of carbonyl (C=O) groups excluding carboxylic acids is 1. The van der Waals surface area contributed by atoms with E-state index in [1.54, 1.807) is 17.0 Å². The molecular formula is C14H15ClINO3. The van der Waals surface area contributed by atoms with Crippen LogP contribution in [0.1, 0.15) is 29.6 Å². The third-order valence-corrected chi connectivity index (χ3v) is 4.70. The lowest BCUT2D eigenvalue weighted by molar-refractivity contribution is -0.138. The Hall–Kier alpha value is -0.820. The van der Waals surface area contributed by atoms with Crippen LogP contribution >= 0.6 is 34.2 Å². The van der Waals surface area contributed by atoms with Gasteiger partial charge in [-0.3, -0.25) is 9.59 Å². The first-order valence-corrected chi connectivity index (χ1v) is 7.89. The normalized spacial score (nSPS) is 16.2. The van der Waals surface area contributed by atoms with Gasteiger partial charge in [-0.2, -0.15) is 0 Å². The number of carbonyl (C=O) groups is 2. The number of rotatable bonds is 3. The van der Waals surface area contributed by atoms with Crippen LogP contribution in [0.4, 0.5) is 0 Å². The second-order valence-corrected chi connectivity index (χ2v) is 6.56. The van der Waals surface area contributed by atoms with E-state index in [1.807, 2.05) is 6.07 Å². The van der Waals surface area contributed by atoms with E-state index in [0.717, 1.165) is 16.4 Å². The van der Waals surface area contributed by atoms with Gasteiger partial charge in [0, 0.05) is 28.1 Å². The van der Waals surface area contributed by atoms with E-state index < -0.39 is 5.97 Å². The summed E-state index contributed by atoms with van der Waals surface area (Å²) in [5.74, 6) is -0.611. The predicted molar refractivity (Wildman–Crippen MR) is 85.0 cm³/mol. The Kier molecular flexibility index (Phi) is 5.26. The number of halogens is 2. The summed E-state index contributed by atoms with van der Waals surface area (Å²) in [6.45, 7) is 1.22. The largest absolute Gasteiger partial charge is 0.481 e. The van der Waals surface area contributed by atoms with E-state index in [-0.39, 0.29) is 18.2 Å². The number of benzene rings is 1. The Labute approximate surface area is 136 Å². The molecule has 0 saturated carbocycles. The predicted octanol–water partition coefficient (Wildman–Crippen LogP) is 3.27. The molecule has 2 rings (SSSR count). The highest BCUT2D eigenvalue weighted by molar-refractivity contribution is 14.1. The summed E-state index contributed by atoms with van der Waals surface area (Å²) in [7, 11) is 0. The molecule has 1 saturated heterocycles. The Morgan fingerprint density at radius 3 is 2.60 bits per heavy atom. The number of carboxylic acids is 1. The van der Waals surface area contributed by atoms with Gasteiger partial charge in [0.25, 0.3) is 5.91 Å². The molecule has 0 atom stereocenters. The van der Waals surface area contributed by atoms with E-state index in [2.05, 4.69) is 22.6 Å². The second-order valence-electron chi connectivity index (χ2n) is 4.96. The molecule has 0 spiro atoms. The van der Waals surface area contributed by atoms with Crippen LogP contribution in [0.3, 0.4) is 0 Å². The van der Waals surface area contributed by atoms with Gasteiger partial charge in [-0.25, -0.2) is 0 Å². The molecular weight excluding hydrogens is 393 g/mol. The van der Waals surface area contributed by atoms with Crippen LogP contribution in [0.15, 0.2) is 18.2 Å². The zero-order chi connectivity index (χ0) is 14.7. The molecule has 1 N–H and O–H groups in total. The molecule has 1 aliphatic rings. The second kappa shape index (κ2) is 6.76. The molecule has 1 fully saturated rings. The summed E-state index contributed by atoms with van der Waals surface area (Å²) in [6.07, 6.45) is 1.68. The van der Waals surface area contributed by atoms with Gasteiger partial charge in [0.1, 0.15) is 0 Å². The number of nitrogens with zero attached hydrogens (tertiary/aromatic N) is 1. The molecule has 20 heavy (non-hydrogen) atoms. The van der Waals surface area contributed by atoms with Gasteiger partial charge in [0.05, 0.1) is 5.56 Å². The first kappa shape index (κ1) is 15.6. The van der Waals surface area contributed by atoms with E-state index in [4.69, 9.17) is 16.7 Å². The van der Waals surface area contributed by atoms with Crippen molar-refractivity contribution in [3.8, 4) is 0 Å². The Balaban J connectivity index is 2.01. The fraction of sp³-hybridized carbons (Fsp3) is 0.429. The maximum absolute atomic E-state index is 12.4. The topological polar surface area (TPSA) is 57.6 Å². The Morgan fingerprint density at radius 2 is 2.00 bits per heavy atom. The number of piperidine rings is 1. The minimum Gasteiger partial charge on any atom is -0.481 e. The number of amides is 1. The van der Waals surface area contributed by atoms with E-state index >= 15 is 0 Å². The van der Waals surface area contributed by atoms with Crippen molar-refractivity contribution in [2.24, 2.45) is 5.92 Å². The highest BCUT2D eigenvalue weighted by Gasteiger charge is 2.25. The minimum atomic E-state index is -0.765. The SMILES string of the molecule is O=C(O)CC1CCN(C(=O)c2cc(Cl)ccc2I)CC1. The highest BCUT2D eigenvalue weighted by Crippen LogP contribution is 2.24. The molecule has 0 aliphatic carbocycles. The fourth-order valence-electron chi connectivity index (χ4n) is 2.42. The van der Waals surface area contributed by atoms with Crippen LogP contribution in [0.5, 0.6) is 0 Å².